The van der Waals surface area contributed by atoms with Gasteiger partial charge in [0.2, 0.25) is 0 Å². The van der Waals surface area contributed by atoms with Crippen LogP contribution >= 0.6 is 0 Å². The second-order valence-corrected chi connectivity index (χ2v) is 4.21. The van der Waals surface area contributed by atoms with Gasteiger partial charge in [-0.2, -0.15) is 0 Å². The maximum absolute atomic E-state index is 13.7. The zero-order valence-electron chi connectivity index (χ0n) is 9.85. The van der Waals surface area contributed by atoms with E-state index in [0.717, 1.165) is 5.56 Å². The van der Waals surface area contributed by atoms with Crippen molar-refractivity contribution in [3.8, 4) is 11.1 Å². The number of aromatic carboxylic acids is 1. The summed E-state index contributed by atoms with van der Waals surface area (Å²) in [5.41, 5.74) is 1.49. The van der Waals surface area contributed by atoms with Crippen molar-refractivity contribution in [3.05, 3.63) is 60.0 Å². The summed E-state index contributed by atoms with van der Waals surface area (Å²) in [5.74, 6) is -1.56. The van der Waals surface area contributed by atoms with Crippen molar-refractivity contribution < 1.29 is 14.3 Å². The van der Waals surface area contributed by atoms with Crippen LogP contribution in [0.2, 0.25) is 0 Å². The fourth-order valence-corrected chi connectivity index (χ4v) is 2.25. The minimum Gasteiger partial charge on any atom is -0.477 e. The molecule has 0 unspecified atom stereocenters. The average Bonchev–Trinajstić information content (AvgIpc) is 2.81. The van der Waals surface area contributed by atoms with Crippen LogP contribution in [0.3, 0.4) is 0 Å². The number of hydrogen-bond donors (Lipinski definition) is 2. The summed E-state index contributed by atoms with van der Waals surface area (Å²) in [6.07, 6.45) is 0. The molecule has 4 heteroatoms. The topological polar surface area (TPSA) is 53.1 Å². The first-order valence-electron chi connectivity index (χ1n) is 5.77. The van der Waals surface area contributed by atoms with Gasteiger partial charge in [-0.3, -0.25) is 0 Å². The monoisotopic (exact) mass is 255 g/mol. The molecule has 0 fully saturated rings. The molecular weight excluding hydrogens is 245 g/mol. The van der Waals surface area contributed by atoms with Crippen LogP contribution in [0.1, 0.15) is 10.5 Å². The van der Waals surface area contributed by atoms with Crippen molar-refractivity contribution in [2.24, 2.45) is 0 Å². The molecule has 0 spiro atoms. The fourth-order valence-electron chi connectivity index (χ4n) is 2.25. The highest BCUT2D eigenvalue weighted by molar-refractivity contribution is 6.07. The summed E-state index contributed by atoms with van der Waals surface area (Å²) < 4.78 is 13.7. The number of carboxylic acid groups (broad SMARTS) is 1. The van der Waals surface area contributed by atoms with Crippen LogP contribution in [0.5, 0.6) is 0 Å². The molecule has 19 heavy (non-hydrogen) atoms. The summed E-state index contributed by atoms with van der Waals surface area (Å²) in [6, 6.07) is 13.7. The van der Waals surface area contributed by atoms with Gasteiger partial charge in [0.25, 0.3) is 0 Å². The zero-order valence-corrected chi connectivity index (χ0v) is 9.85. The van der Waals surface area contributed by atoms with Crippen molar-refractivity contribution in [1.82, 2.24) is 4.98 Å². The molecule has 1 aromatic heterocycles. The summed E-state index contributed by atoms with van der Waals surface area (Å²) in [5, 5.41) is 9.84. The second-order valence-electron chi connectivity index (χ2n) is 4.21. The van der Waals surface area contributed by atoms with E-state index in [0.29, 0.717) is 10.9 Å². The number of hydrogen-bond acceptors (Lipinski definition) is 1. The number of carbonyl (C=O) groups is 1. The third-order valence-corrected chi connectivity index (χ3v) is 3.06. The van der Waals surface area contributed by atoms with Crippen LogP contribution < -0.4 is 0 Å². The van der Waals surface area contributed by atoms with Crippen molar-refractivity contribution in [3.63, 3.8) is 0 Å². The Balaban J connectivity index is 2.42. The van der Waals surface area contributed by atoms with E-state index >= 15 is 0 Å². The van der Waals surface area contributed by atoms with Gasteiger partial charge in [-0.15, -0.1) is 0 Å². The summed E-state index contributed by atoms with van der Waals surface area (Å²) in [4.78, 5) is 14.0. The quantitative estimate of drug-likeness (QED) is 0.734. The molecule has 3 nitrogen and oxygen atoms in total. The Bertz CT molecular complexity index is 762. The number of rotatable bonds is 2. The van der Waals surface area contributed by atoms with E-state index in [9.17, 15) is 14.3 Å². The minimum atomic E-state index is -1.10. The van der Waals surface area contributed by atoms with Crippen LogP contribution in [-0.4, -0.2) is 16.1 Å². The number of benzene rings is 2. The van der Waals surface area contributed by atoms with Crippen LogP contribution in [-0.2, 0) is 0 Å². The largest absolute Gasteiger partial charge is 0.477 e. The predicted molar refractivity (Wildman–Crippen MR) is 70.7 cm³/mol. The number of aromatic amines is 1. The van der Waals surface area contributed by atoms with E-state index in [1.54, 1.807) is 24.3 Å². The molecule has 2 aromatic carbocycles. The second kappa shape index (κ2) is 4.24. The van der Waals surface area contributed by atoms with Crippen molar-refractivity contribution in [2.75, 3.05) is 0 Å². The Kier molecular flexibility index (Phi) is 2.56. The van der Waals surface area contributed by atoms with Gasteiger partial charge in [0.1, 0.15) is 11.5 Å². The Labute approximate surface area is 108 Å². The number of carboxylic acids is 1. The highest BCUT2D eigenvalue weighted by Crippen LogP contribution is 2.33. The van der Waals surface area contributed by atoms with Gasteiger partial charge in [0.15, 0.2) is 0 Å². The van der Waals surface area contributed by atoms with Crippen molar-refractivity contribution >= 4 is 16.9 Å². The number of halogens is 1. The normalized spacial score (nSPS) is 10.8. The summed E-state index contributed by atoms with van der Waals surface area (Å²) in [6.45, 7) is 0. The molecule has 0 radical (unpaired) electrons. The molecule has 3 aromatic rings. The zero-order chi connectivity index (χ0) is 13.4. The molecule has 0 saturated carbocycles. The molecule has 0 atom stereocenters. The SMILES string of the molecule is O=C(O)c1[nH]c2c(F)cccc2c1-c1ccccc1. The molecule has 0 bridgehead atoms. The van der Waals surface area contributed by atoms with Gasteiger partial charge in [-0.05, 0) is 11.6 Å². The number of aromatic nitrogens is 1. The molecule has 0 saturated heterocycles. The lowest BCUT2D eigenvalue weighted by Gasteiger charge is -2.01. The fraction of sp³-hybridized carbons (Fsp3) is 0. The summed E-state index contributed by atoms with van der Waals surface area (Å²) >= 11 is 0. The first-order chi connectivity index (χ1) is 9.18. The third-order valence-electron chi connectivity index (χ3n) is 3.06. The number of H-pyrrole nitrogens is 1. The van der Waals surface area contributed by atoms with Crippen molar-refractivity contribution in [2.45, 2.75) is 0 Å². The molecule has 0 aliphatic carbocycles. The first-order valence-corrected chi connectivity index (χ1v) is 5.77. The molecule has 0 aliphatic rings. The van der Waals surface area contributed by atoms with E-state index in [1.165, 1.54) is 6.07 Å². The van der Waals surface area contributed by atoms with Gasteiger partial charge >= 0.3 is 5.97 Å². The van der Waals surface area contributed by atoms with E-state index in [1.807, 2.05) is 18.2 Å². The average molecular weight is 255 g/mol. The van der Waals surface area contributed by atoms with Crippen molar-refractivity contribution in [1.29, 1.82) is 0 Å². The predicted octanol–water partition coefficient (Wildman–Crippen LogP) is 3.67. The molecule has 94 valence electrons. The van der Waals surface area contributed by atoms with Crippen LogP contribution in [0.25, 0.3) is 22.0 Å². The van der Waals surface area contributed by atoms with Gasteiger partial charge in [0, 0.05) is 10.9 Å². The maximum Gasteiger partial charge on any atom is 0.352 e. The van der Waals surface area contributed by atoms with Gasteiger partial charge in [0.05, 0.1) is 5.52 Å². The molecule has 0 aliphatic heterocycles. The standard InChI is InChI=1S/C15H10FNO2/c16-11-8-4-7-10-12(9-5-2-1-3-6-9)14(15(18)19)17-13(10)11/h1-8,17H,(H,18,19). The van der Waals surface area contributed by atoms with Gasteiger partial charge in [-0.1, -0.05) is 42.5 Å². The number of para-hydroxylation sites is 1. The van der Waals surface area contributed by atoms with E-state index in [-0.39, 0.29) is 11.2 Å². The first kappa shape index (κ1) is 11.5. The Morgan fingerprint density at radius 3 is 2.47 bits per heavy atom. The molecule has 2 N–H and O–H groups in total. The Morgan fingerprint density at radius 2 is 1.79 bits per heavy atom. The van der Waals surface area contributed by atoms with Crippen LogP contribution in [0.15, 0.2) is 48.5 Å². The molecule has 0 amide bonds. The molecular formula is C15H10FNO2. The number of fused-ring (bicyclic) bond motifs is 1. The Hall–Kier alpha value is -2.62. The molecule has 3 rings (SSSR count). The smallest absolute Gasteiger partial charge is 0.352 e. The van der Waals surface area contributed by atoms with E-state index < -0.39 is 11.8 Å². The third kappa shape index (κ3) is 1.78. The highest BCUT2D eigenvalue weighted by Gasteiger charge is 2.19. The summed E-state index contributed by atoms with van der Waals surface area (Å²) in [7, 11) is 0. The van der Waals surface area contributed by atoms with E-state index in [2.05, 4.69) is 4.98 Å². The van der Waals surface area contributed by atoms with Gasteiger partial charge < -0.3 is 10.1 Å². The van der Waals surface area contributed by atoms with E-state index in [4.69, 9.17) is 0 Å². The minimum absolute atomic E-state index is 0.00583. The van der Waals surface area contributed by atoms with Crippen LogP contribution in [0, 0.1) is 5.82 Å². The number of nitrogens with one attached hydrogen (secondary N) is 1. The molecule has 1 heterocycles. The maximum atomic E-state index is 13.7. The lowest BCUT2D eigenvalue weighted by Crippen LogP contribution is -1.98. The van der Waals surface area contributed by atoms with Gasteiger partial charge in [-0.25, -0.2) is 9.18 Å². The highest BCUT2D eigenvalue weighted by atomic mass is 19.1. The Morgan fingerprint density at radius 1 is 1.05 bits per heavy atom. The lowest BCUT2D eigenvalue weighted by molar-refractivity contribution is 0.0692. The van der Waals surface area contributed by atoms with Crippen LogP contribution in [0.4, 0.5) is 4.39 Å². The lowest BCUT2D eigenvalue weighted by atomic mass is 10.0.